The van der Waals surface area contributed by atoms with E-state index < -0.39 is 29.5 Å². The Kier molecular flexibility index (Phi) is 5.95. The number of benzene rings is 3. The average Bonchev–Trinajstić information content (AvgIpc) is 3.17. The molecule has 2 N–H and O–H groups in total. The number of rotatable bonds is 6. The van der Waals surface area contributed by atoms with E-state index in [1.54, 1.807) is 6.07 Å². The highest BCUT2D eigenvalue weighted by molar-refractivity contribution is 5.99. The molecule has 0 saturated carbocycles. The Bertz CT molecular complexity index is 1230. The minimum Gasteiger partial charge on any atom is -0.496 e. The number of fused-ring (bicyclic) bond motifs is 1. The number of halogens is 3. The van der Waals surface area contributed by atoms with Crippen molar-refractivity contribution in [3.63, 3.8) is 0 Å². The van der Waals surface area contributed by atoms with Gasteiger partial charge in [0.15, 0.2) is 0 Å². The highest BCUT2D eigenvalue weighted by Gasteiger charge is 2.45. The molecule has 176 valence electrons. The highest BCUT2D eigenvalue weighted by atomic mass is 19.4. The predicted octanol–water partition coefficient (Wildman–Crippen LogP) is 4.61. The largest absolute Gasteiger partial charge is 0.573 e. The second-order valence-electron chi connectivity index (χ2n) is 7.95. The minimum atomic E-state index is -4.85. The van der Waals surface area contributed by atoms with Gasteiger partial charge in [-0.25, -0.2) is 4.79 Å². The highest BCUT2D eigenvalue weighted by Crippen LogP contribution is 2.35. The van der Waals surface area contributed by atoms with Crippen LogP contribution in [0, 0.1) is 0 Å². The van der Waals surface area contributed by atoms with E-state index >= 15 is 0 Å². The summed E-state index contributed by atoms with van der Waals surface area (Å²) in [6.45, 7) is 0. The third kappa shape index (κ3) is 4.68. The van der Waals surface area contributed by atoms with Gasteiger partial charge in [0.2, 0.25) is 0 Å². The molecule has 1 aliphatic carbocycles. The molecule has 0 aromatic heterocycles. The van der Waals surface area contributed by atoms with Crippen LogP contribution in [-0.4, -0.2) is 36.0 Å². The number of aliphatic carboxylic acids is 1. The first-order valence-electron chi connectivity index (χ1n) is 10.3. The molecule has 34 heavy (non-hydrogen) atoms. The van der Waals surface area contributed by atoms with Gasteiger partial charge in [0, 0.05) is 24.0 Å². The molecule has 3 aromatic rings. The SMILES string of the molecule is COc1ccc(C(=O)NC2(C(=O)O)Cc3ccccc3C2)cc1-c1cccc(OC(F)(F)F)c1. The van der Waals surface area contributed by atoms with Crippen LogP contribution in [0.4, 0.5) is 13.2 Å². The monoisotopic (exact) mass is 471 g/mol. The van der Waals surface area contributed by atoms with E-state index in [9.17, 15) is 27.9 Å². The van der Waals surface area contributed by atoms with Gasteiger partial charge in [0.05, 0.1) is 7.11 Å². The zero-order valence-electron chi connectivity index (χ0n) is 18.0. The first kappa shape index (κ1) is 23.2. The molecule has 0 bridgehead atoms. The molecule has 4 rings (SSSR count). The lowest BCUT2D eigenvalue weighted by molar-refractivity contribution is -0.274. The molecule has 1 aliphatic rings. The Hall–Kier alpha value is -4.01. The van der Waals surface area contributed by atoms with Crippen LogP contribution in [0.3, 0.4) is 0 Å². The van der Waals surface area contributed by atoms with E-state index in [-0.39, 0.29) is 18.4 Å². The fourth-order valence-corrected chi connectivity index (χ4v) is 4.13. The Morgan fingerprint density at radius 1 is 0.971 bits per heavy atom. The number of ether oxygens (including phenoxy) is 2. The number of hydrogen-bond acceptors (Lipinski definition) is 4. The van der Waals surface area contributed by atoms with Crippen LogP contribution in [0.15, 0.2) is 66.7 Å². The van der Waals surface area contributed by atoms with Gasteiger partial charge in [-0.1, -0.05) is 36.4 Å². The number of methoxy groups -OCH3 is 1. The van der Waals surface area contributed by atoms with Crippen molar-refractivity contribution in [2.45, 2.75) is 24.7 Å². The topological polar surface area (TPSA) is 84.9 Å². The first-order valence-corrected chi connectivity index (χ1v) is 10.3. The number of alkyl halides is 3. The molecule has 6 nitrogen and oxygen atoms in total. The van der Waals surface area contributed by atoms with Crippen LogP contribution in [0.2, 0.25) is 0 Å². The number of carboxylic acid groups (broad SMARTS) is 1. The zero-order chi connectivity index (χ0) is 24.5. The van der Waals surface area contributed by atoms with Crippen molar-refractivity contribution >= 4 is 11.9 Å². The maximum atomic E-state index is 13.1. The summed E-state index contributed by atoms with van der Waals surface area (Å²) in [5.74, 6) is -1.87. The number of nitrogens with one attached hydrogen (secondary N) is 1. The average molecular weight is 471 g/mol. The van der Waals surface area contributed by atoms with Crippen molar-refractivity contribution in [2.24, 2.45) is 0 Å². The van der Waals surface area contributed by atoms with Gasteiger partial charge >= 0.3 is 12.3 Å². The Morgan fingerprint density at radius 3 is 2.24 bits per heavy atom. The molecule has 0 heterocycles. The summed E-state index contributed by atoms with van der Waals surface area (Å²) >= 11 is 0. The van der Waals surface area contributed by atoms with Gasteiger partial charge in [-0.15, -0.1) is 13.2 Å². The molecular formula is C25H20F3NO5. The van der Waals surface area contributed by atoms with E-state index in [1.165, 1.54) is 37.4 Å². The third-order valence-corrected chi connectivity index (χ3v) is 5.71. The maximum Gasteiger partial charge on any atom is 0.573 e. The van der Waals surface area contributed by atoms with Crippen molar-refractivity contribution in [3.8, 4) is 22.6 Å². The minimum absolute atomic E-state index is 0.134. The lowest BCUT2D eigenvalue weighted by Crippen LogP contribution is -2.55. The third-order valence-electron chi connectivity index (χ3n) is 5.71. The van der Waals surface area contributed by atoms with Gasteiger partial charge < -0.3 is 19.9 Å². The summed E-state index contributed by atoms with van der Waals surface area (Å²) in [5, 5.41) is 12.6. The molecule has 0 atom stereocenters. The Morgan fingerprint density at radius 2 is 1.65 bits per heavy atom. The van der Waals surface area contributed by atoms with Gasteiger partial charge in [-0.3, -0.25) is 4.79 Å². The lowest BCUT2D eigenvalue weighted by atomic mass is 9.94. The lowest BCUT2D eigenvalue weighted by Gasteiger charge is -2.25. The van der Waals surface area contributed by atoms with Crippen molar-refractivity contribution in [1.29, 1.82) is 0 Å². The fourth-order valence-electron chi connectivity index (χ4n) is 4.13. The second kappa shape index (κ2) is 8.74. The number of carboxylic acids is 1. The molecule has 0 radical (unpaired) electrons. The smallest absolute Gasteiger partial charge is 0.496 e. The van der Waals surface area contributed by atoms with Crippen molar-refractivity contribution in [3.05, 3.63) is 83.4 Å². The van der Waals surface area contributed by atoms with Crippen LogP contribution in [-0.2, 0) is 17.6 Å². The number of amides is 1. The summed E-state index contributed by atoms with van der Waals surface area (Å²) in [6.07, 6.45) is -4.57. The van der Waals surface area contributed by atoms with Crippen molar-refractivity contribution in [1.82, 2.24) is 5.32 Å². The molecule has 1 amide bonds. The van der Waals surface area contributed by atoms with E-state index in [4.69, 9.17) is 4.74 Å². The predicted molar refractivity (Wildman–Crippen MR) is 117 cm³/mol. The quantitative estimate of drug-likeness (QED) is 0.549. The normalized spacial score (nSPS) is 14.2. The first-order chi connectivity index (χ1) is 16.1. The fraction of sp³-hybridized carbons (Fsp3) is 0.200. The molecule has 0 aliphatic heterocycles. The van der Waals surface area contributed by atoms with Crippen LogP contribution in [0.1, 0.15) is 21.5 Å². The van der Waals surface area contributed by atoms with Gasteiger partial charge in [-0.05, 0) is 47.0 Å². The molecule has 0 fully saturated rings. The standard InChI is InChI=1S/C25H20F3NO5/c1-33-21-10-9-16(12-20(21)15-7-4-8-19(11-15)34-25(26,27)28)22(30)29-24(23(31)32)13-17-5-2-3-6-18(17)14-24/h2-12H,13-14H2,1H3,(H,29,30)(H,31,32). The Labute approximate surface area is 192 Å². The van der Waals surface area contributed by atoms with Crippen LogP contribution in [0.25, 0.3) is 11.1 Å². The zero-order valence-corrected chi connectivity index (χ0v) is 18.0. The van der Waals surface area contributed by atoms with Gasteiger partial charge in [-0.2, -0.15) is 0 Å². The molecule has 0 saturated heterocycles. The van der Waals surface area contributed by atoms with Crippen molar-refractivity contribution < 1.29 is 37.3 Å². The van der Waals surface area contributed by atoms with E-state index in [0.29, 0.717) is 16.9 Å². The number of carbonyl (C=O) groups excluding carboxylic acids is 1. The molecular weight excluding hydrogens is 451 g/mol. The summed E-state index contributed by atoms with van der Waals surface area (Å²) in [6, 6.07) is 17.0. The summed E-state index contributed by atoms with van der Waals surface area (Å²) < 4.78 is 47.2. The Balaban J connectivity index is 1.65. The second-order valence-corrected chi connectivity index (χ2v) is 7.95. The van der Waals surface area contributed by atoms with E-state index in [1.807, 2.05) is 24.3 Å². The summed E-state index contributed by atoms with van der Waals surface area (Å²) in [7, 11) is 1.39. The summed E-state index contributed by atoms with van der Waals surface area (Å²) in [4.78, 5) is 25.3. The van der Waals surface area contributed by atoms with E-state index in [0.717, 1.165) is 17.2 Å². The molecule has 3 aromatic carbocycles. The van der Waals surface area contributed by atoms with Crippen molar-refractivity contribution in [2.75, 3.05) is 7.11 Å². The number of hydrogen-bond donors (Lipinski definition) is 2. The van der Waals surface area contributed by atoms with Crippen LogP contribution in [0.5, 0.6) is 11.5 Å². The van der Waals surface area contributed by atoms with Gasteiger partial charge in [0.25, 0.3) is 5.91 Å². The van der Waals surface area contributed by atoms with Crippen LogP contribution < -0.4 is 14.8 Å². The molecule has 0 unspecified atom stereocenters. The summed E-state index contributed by atoms with van der Waals surface area (Å²) in [5.41, 5.74) is 1.01. The maximum absolute atomic E-state index is 13.1. The molecule has 9 heteroatoms. The van der Waals surface area contributed by atoms with Gasteiger partial charge in [0.1, 0.15) is 17.0 Å². The number of carbonyl (C=O) groups is 2. The molecule has 0 spiro atoms. The van der Waals surface area contributed by atoms with Crippen LogP contribution >= 0.6 is 0 Å². The van der Waals surface area contributed by atoms with E-state index in [2.05, 4.69) is 10.1 Å².